The molecule has 1 saturated heterocycles. The fraction of sp³-hybridized carbons (Fsp3) is 0.632. The van der Waals surface area contributed by atoms with Crippen molar-refractivity contribution in [1.82, 2.24) is 10.6 Å². The van der Waals surface area contributed by atoms with E-state index in [0.29, 0.717) is 24.3 Å². The van der Waals surface area contributed by atoms with E-state index in [1.54, 1.807) is 0 Å². The highest BCUT2D eigenvalue weighted by Gasteiger charge is 2.24. The summed E-state index contributed by atoms with van der Waals surface area (Å²) in [6.07, 6.45) is 6.32. The van der Waals surface area contributed by atoms with E-state index in [1.807, 2.05) is 0 Å². The van der Waals surface area contributed by atoms with E-state index in [0.717, 1.165) is 32.4 Å². The maximum absolute atomic E-state index is 12.3. The Hall–Kier alpha value is -1.35. The minimum atomic E-state index is 0.238. The second-order valence-corrected chi connectivity index (χ2v) is 7.06. The Bertz CT molecular complexity index is 508. The van der Waals surface area contributed by atoms with Gasteiger partial charge in [-0.25, -0.2) is 0 Å². The number of carbonyl (C=O) groups excluding carboxylic acids is 1. The molecule has 1 amide bonds. The van der Waals surface area contributed by atoms with Crippen molar-refractivity contribution in [2.45, 2.75) is 51.5 Å². The maximum Gasteiger partial charge on any atom is 0.220 e. The number of carbonyl (C=O) groups is 1. The van der Waals surface area contributed by atoms with Crippen LogP contribution in [0.3, 0.4) is 0 Å². The SMILES string of the molecule is CC(CC(=O)NC1CCc2ccccc2C1)C1CCCNC1. The summed E-state index contributed by atoms with van der Waals surface area (Å²) in [6.45, 7) is 4.44. The first-order valence-corrected chi connectivity index (χ1v) is 8.79. The summed E-state index contributed by atoms with van der Waals surface area (Å²) in [5.41, 5.74) is 2.86. The molecule has 1 aromatic carbocycles. The summed E-state index contributed by atoms with van der Waals surface area (Å²) < 4.78 is 0. The fourth-order valence-corrected chi connectivity index (χ4v) is 3.93. The second kappa shape index (κ2) is 7.28. The lowest BCUT2D eigenvalue weighted by Gasteiger charge is -2.29. The molecule has 0 saturated carbocycles. The summed E-state index contributed by atoms with van der Waals surface area (Å²) in [5, 5.41) is 6.72. The summed E-state index contributed by atoms with van der Waals surface area (Å²) >= 11 is 0. The number of amides is 1. The first kappa shape index (κ1) is 15.5. The first-order valence-electron chi connectivity index (χ1n) is 8.79. The lowest BCUT2D eigenvalue weighted by atomic mass is 9.84. The van der Waals surface area contributed by atoms with E-state index in [-0.39, 0.29) is 5.91 Å². The Balaban J connectivity index is 1.48. The summed E-state index contributed by atoms with van der Waals surface area (Å²) in [7, 11) is 0. The maximum atomic E-state index is 12.3. The highest BCUT2D eigenvalue weighted by Crippen LogP contribution is 2.24. The van der Waals surface area contributed by atoms with Crippen LogP contribution in [-0.4, -0.2) is 25.0 Å². The van der Waals surface area contributed by atoms with Crippen LogP contribution in [0.5, 0.6) is 0 Å². The van der Waals surface area contributed by atoms with Crippen molar-refractivity contribution in [3.05, 3.63) is 35.4 Å². The van der Waals surface area contributed by atoms with Crippen LogP contribution in [0.25, 0.3) is 0 Å². The van der Waals surface area contributed by atoms with Crippen LogP contribution in [0.4, 0.5) is 0 Å². The molecule has 2 aliphatic rings. The van der Waals surface area contributed by atoms with Gasteiger partial charge in [0.2, 0.25) is 5.91 Å². The Morgan fingerprint density at radius 1 is 1.32 bits per heavy atom. The van der Waals surface area contributed by atoms with Crippen molar-refractivity contribution in [3.8, 4) is 0 Å². The molecule has 120 valence electrons. The third kappa shape index (κ3) is 3.89. The molecule has 3 nitrogen and oxygen atoms in total. The van der Waals surface area contributed by atoms with Gasteiger partial charge in [0, 0.05) is 12.5 Å². The molecule has 1 fully saturated rings. The van der Waals surface area contributed by atoms with Crippen LogP contribution in [0.1, 0.15) is 43.7 Å². The van der Waals surface area contributed by atoms with Crippen molar-refractivity contribution in [1.29, 1.82) is 0 Å². The Kier molecular flexibility index (Phi) is 5.14. The first-order chi connectivity index (χ1) is 10.7. The molecule has 3 heteroatoms. The van der Waals surface area contributed by atoms with Crippen LogP contribution in [-0.2, 0) is 17.6 Å². The van der Waals surface area contributed by atoms with Crippen LogP contribution < -0.4 is 10.6 Å². The number of hydrogen-bond donors (Lipinski definition) is 2. The zero-order chi connectivity index (χ0) is 15.4. The quantitative estimate of drug-likeness (QED) is 0.897. The molecule has 0 aromatic heterocycles. The van der Waals surface area contributed by atoms with E-state index >= 15 is 0 Å². The van der Waals surface area contributed by atoms with Crippen LogP contribution in [0, 0.1) is 11.8 Å². The summed E-state index contributed by atoms with van der Waals surface area (Å²) in [6, 6.07) is 8.94. The molecule has 0 radical (unpaired) electrons. The summed E-state index contributed by atoms with van der Waals surface area (Å²) in [4.78, 5) is 12.3. The number of piperidine rings is 1. The fourth-order valence-electron chi connectivity index (χ4n) is 3.93. The van der Waals surface area contributed by atoms with Crippen molar-refractivity contribution in [2.24, 2.45) is 11.8 Å². The minimum absolute atomic E-state index is 0.238. The lowest BCUT2D eigenvalue weighted by Crippen LogP contribution is -2.41. The molecular formula is C19H28N2O. The van der Waals surface area contributed by atoms with Crippen LogP contribution in [0.15, 0.2) is 24.3 Å². The van der Waals surface area contributed by atoms with Gasteiger partial charge in [0.15, 0.2) is 0 Å². The van der Waals surface area contributed by atoms with E-state index in [9.17, 15) is 4.79 Å². The van der Waals surface area contributed by atoms with Gasteiger partial charge in [-0.1, -0.05) is 31.2 Å². The predicted molar refractivity (Wildman–Crippen MR) is 89.8 cm³/mol. The van der Waals surface area contributed by atoms with Gasteiger partial charge in [0.05, 0.1) is 0 Å². The van der Waals surface area contributed by atoms with Gasteiger partial charge in [0.1, 0.15) is 0 Å². The topological polar surface area (TPSA) is 41.1 Å². The largest absolute Gasteiger partial charge is 0.353 e. The van der Waals surface area contributed by atoms with Gasteiger partial charge in [-0.2, -0.15) is 0 Å². The third-order valence-corrected chi connectivity index (χ3v) is 5.36. The number of rotatable bonds is 4. The minimum Gasteiger partial charge on any atom is -0.353 e. The number of aryl methyl sites for hydroxylation is 1. The Morgan fingerprint density at radius 2 is 2.14 bits per heavy atom. The van der Waals surface area contributed by atoms with Crippen molar-refractivity contribution in [2.75, 3.05) is 13.1 Å². The number of nitrogens with one attached hydrogen (secondary N) is 2. The second-order valence-electron chi connectivity index (χ2n) is 7.06. The van der Waals surface area contributed by atoms with Gasteiger partial charge in [0.25, 0.3) is 0 Å². The zero-order valence-electron chi connectivity index (χ0n) is 13.6. The van der Waals surface area contributed by atoms with Gasteiger partial charge in [-0.3, -0.25) is 4.79 Å². The average molecular weight is 300 g/mol. The van der Waals surface area contributed by atoms with E-state index in [1.165, 1.54) is 24.0 Å². The van der Waals surface area contributed by atoms with Gasteiger partial charge in [-0.15, -0.1) is 0 Å². The lowest BCUT2D eigenvalue weighted by molar-refractivity contribution is -0.123. The van der Waals surface area contributed by atoms with Gasteiger partial charge >= 0.3 is 0 Å². The number of benzene rings is 1. The van der Waals surface area contributed by atoms with Gasteiger partial charge in [-0.05, 0) is 68.2 Å². The molecule has 3 unspecified atom stereocenters. The van der Waals surface area contributed by atoms with E-state index < -0.39 is 0 Å². The summed E-state index contributed by atoms with van der Waals surface area (Å²) in [5.74, 6) is 1.37. The molecule has 1 aliphatic heterocycles. The smallest absolute Gasteiger partial charge is 0.220 e. The standard InChI is InChI=1S/C19H28N2O/c1-14(17-7-4-10-20-13-17)11-19(22)21-18-9-8-15-5-2-3-6-16(15)12-18/h2-3,5-6,14,17-18,20H,4,7-13H2,1H3,(H,21,22). The van der Waals surface area contributed by atoms with E-state index in [2.05, 4.69) is 41.8 Å². The number of hydrogen-bond acceptors (Lipinski definition) is 2. The monoisotopic (exact) mass is 300 g/mol. The molecule has 3 rings (SSSR count). The van der Waals surface area contributed by atoms with Crippen LogP contribution >= 0.6 is 0 Å². The molecule has 1 heterocycles. The molecule has 1 aliphatic carbocycles. The normalized spacial score (nSPS) is 26.0. The average Bonchev–Trinajstić information content (AvgIpc) is 2.55. The predicted octanol–water partition coefficient (Wildman–Crippen LogP) is 2.69. The molecule has 2 N–H and O–H groups in total. The zero-order valence-corrected chi connectivity index (χ0v) is 13.6. The highest BCUT2D eigenvalue weighted by molar-refractivity contribution is 5.76. The third-order valence-electron chi connectivity index (χ3n) is 5.36. The van der Waals surface area contributed by atoms with E-state index in [4.69, 9.17) is 0 Å². The molecular weight excluding hydrogens is 272 g/mol. The highest BCUT2D eigenvalue weighted by atomic mass is 16.1. The molecule has 0 bridgehead atoms. The Labute approximate surface area is 133 Å². The van der Waals surface area contributed by atoms with Crippen molar-refractivity contribution >= 4 is 5.91 Å². The van der Waals surface area contributed by atoms with Crippen molar-refractivity contribution in [3.63, 3.8) is 0 Å². The van der Waals surface area contributed by atoms with Gasteiger partial charge < -0.3 is 10.6 Å². The molecule has 0 spiro atoms. The van der Waals surface area contributed by atoms with Crippen LogP contribution in [0.2, 0.25) is 0 Å². The Morgan fingerprint density at radius 3 is 2.91 bits per heavy atom. The molecule has 1 aromatic rings. The molecule has 3 atom stereocenters. The van der Waals surface area contributed by atoms with Crippen molar-refractivity contribution < 1.29 is 4.79 Å². The number of fused-ring (bicyclic) bond motifs is 1. The molecule has 22 heavy (non-hydrogen) atoms.